The quantitative estimate of drug-likeness (QED) is 0.470. The zero-order valence-electron chi connectivity index (χ0n) is 18.9. The maximum Gasteiger partial charge on any atom is 0.272 e. The molecule has 9 nitrogen and oxygen atoms in total. The molecule has 3 amide bonds. The summed E-state index contributed by atoms with van der Waals surface area (Å²) in [6.07, 6.45) is 1.92. The van der Waals surface area contributed by atoms with Crippen molar-refractivity contribution < 1.29 is 19.1 Å². The molecule has 0 fully saturated rings. The van der Waals surface area contributed by atoms with Crippen LogP contribution >= 0.6 is 11.5 Å². The highest BCUT2D eigenvalue weighted by Crippen LogP contribution is 2.30. The lowest BCUT2D eigenvalue weighted by molar-refractivity contribution is -0.122. The first-order valence-corrected chi connectivity index (χ1v) is 11.3. The monoisotopic (exact) mass is 461 g/mol. The van der Waals surface area contributed by atoms with Crippen LogP contribution in [-0.4, -0.2) is 41.8 Å². The number of anilines is 2. The van der Waals surface area contributed by atoms with Gasteiger partial charge in [-0.3, -0.25) is 19.3 Å². The van der Waals surface area contributed by atoms with Gasteiger partial charge in [-0.25, -0.2) is 0 Å². The van der Waals surface area contributed by atoms with Gasteiger partial charge in [0.1, 0.15) is 16.7 Å². The molecule has 0 aliphatic carbocycles. The van der Waals surface area contributed by atoms with Crippen molar-refractivity contribution in [3.05, 3.63) is 34.8 Å². The van der Waals surface area contributed by atoms with Gasteiger partial charge in [0.25, 0.3) is 11.8 Å². The summed E-state index contributed by atoms with van der Waals surface area (Å²) in [6, 6.07) is 6.09. The van der Waals surface area contributed by atoms with Crippen LogP contribution in [0.5, 0.6) is 5.75 Å². The van der Waals surface area contributed by atoms with Crippen LogP contribution in [0.3, 0.4) is 0 Å². The van der Waals surface area contributed by atoms with Crippen molar-refractivity contribution in [1.29, 1.82) is 0 Å². The first-order valence-electron chi connectivity index (χ1n) is 10.5. The Kier molecular flexibility index (Phi) is 9.01. The van der Waals surface area contributed by atoms with Crippen LogP contribution in [0.4, 0.5) is 11.4 Å². The summed E-state index contributed by atoms with van der Waals surface area (Å²) in [7, 11) is 1.52. The lowest BCUT2D eigenvalue weighted by Crippen LogP contribution is -2.50. The number of carbonyl (C=O) groups excluding carboxylic acids is 3. The van der Waals surface area contributed by atoms with Crippen LogP contribution in [0.25, 0.3) is 0 Å². The second-order valence-corrected chi connectivity index (χ2v) is 8.57. The smallest absolute Gasteiger partial charge is 0.272 e. The van der Waals surface area contributed by atoms with Crippen LogP contribution in [0, 0.1) is 5.92 Å². The van der Waals surface area contributed by atoms with E-state index < -0.39 is 17.9 Å². The van der Waals surface area contributed by atoms with Crippen molar-refractivity contribution in [1.82, 2.24) is 9.69 Å². The topological polar surface area (TPSA) is 141 Å². The van der Waals surface area contributed by atoms with E-state index >= 15 is 0 Å². The molecule has 174 valence electrons. The van der Waals surface area contributed by atoms with Gasteiger partial charge in [-0.05, 0) is 42.4 Å². The minimum absolute atomic E-state index is 0.0534. The lowest BCUT2D eigenvalue weighted by atomic mass is 10.1. The van der Waals surface area contributed by atoms with E-state index in [1.807, 2.05) is 6.92 Å². The molecule has 0 radical (unpaired) electrons. The van der Waals surface area contributed by atoms with Crippen LogP contribution in [0.1, 0.15) is 60.2 Å². The number of benzene rings is 1. The molecule has 0 saturated heterocycles. The maximum atomic E-state index is 13.6. The van der Waals surface area contributed by atoms with Gasteiger partial charge >= 0.3 is 0 Å². The highest BCUT2D eigenvalue weighted by atomic mass is 32.1. The van der Waals surface area contributed by atoms with Gasteiger partial charge < -0.3 is 21.5 Å². The minimum atomic E-state index is -0.817. The summed E-state index contributed by atoms with van der Waals surface area (Å²) in [4.78, 5) is 39.8. The first-order chi connectivity index (χ1) is 15.2. The summed E-state index contributed by atoms with van der Waals surface area (Å²) >= 11 is 0.785. The molecule has 1 unspecified atom stereocenters. The number of amides is 3. The Hall–Kier alpha value is -3.14. The number of carbonyl (C=O) groups is 3. The van der Waals surface area contributed by atoms with Gasteiger partial charge in [-0.2, -0.15) is 4.37 Å². The number of hydrogen-bond acceptors (Lipinski definition) is 7. The highest BCUT2D eigenvalue weighted by Gasteiger charge is 2.34. The molecular formula is C22H31N5O4S. The Morgan fingerprint density at radius 1 is 1.25 bits per heavy atom. The fourth-order valence-corrected chi connectivity index (χ4v) is 3.93. The summed E-state index contributed by atoms with van der Waals surface area (Å²) in [5.74, 6) is -0.645. The number of nitrogen functional groups attached to an aromatic ring is 1. The molecule has 32 heavy (non-hydrogen) atoms. The number of methoxy groups -OCH3 is 1. The number of nitrogens with two attached hydrogens (primary N) is 2. The molecule has 10 heteroatoms. The standard InChI is InChI=1S/C22H31N5O4S/c1-5-7-16(21(29)25-11-10-13(2)3)27(14-8-6-9-15(12-14)31-4)22(30)19-17(23)18(20(24)28)26-32-19/h6,8-9,12-13,16H,5,7,10-11,23H2,1-4H3,(H2,24,28)(H,25,29). The Morgan fingerprint density at radius 2 is 1.97 bits per heavy atom. The molecule has 0 spiro atoms. The molecule has 0 aliphatic heterocycles. The number of primary amides is 1. The second-order valence-electron chi connectivity index (χ2n) is 7.79. The van der Waals surface area contributed by atoms with Crippen molar-refractivity contribution in [2.75, 3.05) is 24.3 Å². The first kappa shape index (κ1) is 25.1. The largest absolute Gasteiger partial charge is 0.497 e. The van der Waals surface area contributed by atoms with E-state index in [1.165, 1.54) is 12.0 Å². The molecule has 1 atom stereocenters. The fourth-order valence-electron chi connectivity index (χ4n) is 3.19. The van der Waals surface area contributed by atoms with Crippen molar-refractivity contribution in [3.8, 4) is 5.75 Å². The molecule has 1 aromatic carbocycles. The van der Waals surface area contributed by atoms with Gasteiger partial charge in [0.05, 0.1) is 12.8 Å². The van der Waals surface area contributed by atoms with Crippen molar-refractivity contribution in [2.45, 2.75) is 46.1 Å². The number of rotatable bonds is 11. The fraction of sp³-hybridized carbons (Fsp3) is 0.455. The third kappa shape index (κ3) is 5.97. The van der Waals surface area contributed by atoms with Gasteiger partial charge in [-0.15, -0.1) is 0 Å². The third-order valence-corrected chi connectivity index (χ3v) is 5.75. The average Bonchev–Trinajstić information content (AvgIpc) is 3.14. The van der Waals surface area contributed by atoms with E-state index in [9.17, 15) is 14.4 Å². The number of nitrogens with zero attached hydrogens (tertiary/aromatic N) is 2. The van der Waals surface area contributed by atoms with Gasteiger partial charge in [-0.1, -0.05) is 33.3 Å². The number of hydrogen-bond donors (Lipinski definition) is 3. The van der Waals surface area contributed by atoms with Crippen LogP contribution < -0.4 is 26.4 Å². The Balaban J connectivity index is 2.51. The Bertz CT molecular complexity index is 960. The molecular weight excluding hydrogens is 430 g/mol. The second kappa shape index (κ2) is 11.5. The number of ether oxygens (including phenoxy) is 1. The maximum absolute atomic E-state index is 13.6. The highest BCUT2D eigenvalue weighted by molar-refractivity contribution is 7.09. The van der Waals surface area contributed by atoms with Crippen molar-refractivity contribution in [3.63, 3.8) is 0 Å². The number of aromatic nitrogens is 1. The average molecular weight is 462 g/mol. The molecule has 0 bridgehead atoms. The van der Waals surface area contributed by atoms with Gasteiger partial charge in [0, 0.05) is 18.3 Å². The van der Waals surface area contributed by atoms with E-state index in [0.717, 1.165) is 18.0 Å². The molecule has 1 aromatic heterocycles. The lowest BCUT2D eigenvalue weighted by Gasteiger charge is -2.31. The van der Waals surface area contributed by atoms with Crippen molar-refractivity contribution in [2.24, 2.45) is 11.7 Å². The summed E-state index contributed by atoms with van der Waals surface area (Å²) < 4.78 is 9.24. The molecule has 0 aliphatic rings. The molecule has 1 heterocycles. The van der Waals surface area contributed by atoms with Crippen LogP contribution in [0.2, 0.25) is 0 Å². The van der Waals surface area contributed by atoms with Gasteiger partial charge in [0.2, 0.25) is 5.91 Å². The SMILES string of the molecule is CCCC(C(=O)NCCC(C)C)N(C(=O)c1snc(C(N)=O)c1N)c1cccc(OC)c1. The summed E-state index contributed by atoms with van der Waals surface area (Å²) in [5, 5.41) is 2.94. The molecule has 0 saturated carbocycles. The van der Waals surface area contributed by atoms with Crippen molar-refractivity contribution >= 4 is 40.6 Å². The third-order valence-electron chi connectivity index (χ3n) is 4.90. The zero-order valence-corrected chi connectivity index (χ0v) is 19.7. The Morgan fingerprint density at radius 3 is 2.53 bits per heavy atom. The molecule has 5 N–H and O–H groups in total. The van der Waals surface area contributed by atoms with E-state index in [1.54, 1.807) is 24.3 Å². The predicted octanol–water partition coefficient (Wildman–Crippen LogP) is 2.81. The van der Waals surface area contributed by atoms with Crippen LogP contribution in [-0.2, 0) is 4.79 Å². The predicted molar refractivity (Wildman–Crippen MR) is 126 cm³/mol. The number of nitrogens with one attached hydrogen (secondary N) is 1. The van der Waals surface area contributed by atoms with E-state index in [4.69, 9.17) is 16.2 Å². The van der Waals surface area contributed by atoms with E-state index in [-0.39, 0.29) is 22.2 Å². The zero-order chi connectivity index (χ0) is 23.8. The Labute approximate surface area is 192 Å². The summed E-state index contributed by atoms with van der Waals surface area (Å²) in [6.45, 7) is 6.59. The van der Waals surface area contributed by atoms with Crippen LogP contribution in [0.15, 0.2) is 24.3 Å². The van der Waals surface area contributed by atoms with E-state index in [2.05, 4.69) is 23.5 Å². The van der Waals surface area contributed by atoms with E-state index in [0.29, 0.717) is 36.7 Å². The summed E-state index contributed by atoms with van der Waals surface area (Å²) in [5.41, 5.74) is 11.6. The molecule has 2 aromatic rings. The minimum Gasteiger partial charge on any atom is -0.497 e. The normalized spacial score (nSPS) is 11.8. The molecule has 2 rings (SSSR count). The van der Waals surface area contributed by atoms with Gasteiger partial charge in [0.15, 0.2) is 5.69 Å².